The molecule has 188 valence electrons. The first-order chi connectivity index (χ1) is 18.5. The van der Waals surface area contributed by atoms with Crippen LogP contribution in [-0.4, -0.2) is 25.1 Å². The summed E-state index contributed by atoms with van der Waals surface area (Å²) in [6, 6.07) is 12.4. The standard InChI is InChI=1S/C31H27FN6/c1-4-19(14-23(5-2)35-18(3)20-9-10-20)27-15-25-29(17-34-27)37-38-31(25)28-16-24-26(36-28)11-12-33-30(24)21-7-6-8-22(32)13-21/h4-8,11-17,20,35-36H,2-3,9-10H2,1H3,(H,37,38)/b19-4+,23-14+. The van der Waals surface area contributed by atoms with Crippen molar-refractivity contribution in [3.63, 3.8) is 0 Å². The van der Waals surface area contributed by atoms with Crippen molar-refractivity contribution in [2.24, 2.45) is 5.92 Å². The van der Waals surface area contributed by atoms with Crippen molar-refractivity contribution in [3.05, 3.63) is 109 Å². The number of H-pyrrole nitrogens is 2. The Hall–Kier alpha value is -4.78. The maximum atomic E-state index is 13.9. The van der Waals surface area contributed by atoms with Crippen LogP contribution in [0.2, 0.25) is 0 Å². The second kappa shape index (κ2) is 9.59. The summed E-state index contributed by atoms with van der Waals surface area (Å²) in [5.41, 5.74) is 8.46. The van der Waals surface area contributed by atoms with Crippen LogP contribution in [-0.2, 0) is 0 Å². The van der Waals surface area contributed by atoms with E-state index in [0.717, 1.165) is 61.4 Å². The molecule has 0 bridgehead atoms. The largest absolute Gasteiger partial charge is 0.359 e. The molecule has 1 aromatic carbocycles. The van der Waals surface area contributed by atoms with Crippen LogP contribution in [0.1, 0.15) is 25.5 Å². The van der Waals surface area contributed by atoms with Crippen LogP contribution in [0.3, 0.4) is 0 Å². The summed E-state index contributed by atoms with van der Waals surface area (Å²) in [6.07, 6.45) is 11.7. The molecule has 0 unspecified atom stereocenters. The number of aromatic amines is 2. The molecule has 4 heterocycles. The maximum Gasteiger partial charge on any atom is 0.123 e. The quantitative estimate of drug-likeness (QED) is 0.195. The number of pyridine rings is 2. The molecule has 4 aromatic heterocycles. The van der Waals surface area contributed by atoms with Crippen molar-refractivity contribution in [2.75, 3.05) is 0 Å². The van der Waals surface area contributed by atoms with Gasteiger partial charge in [0, 0.05) is 39.4 Å². The molecule has 7 heteroatoms. The Kier molecular flexibility index (Phi) is 5.96. The Bertz CT molecular complexity index is 1770. The van der Waals surface area contributed by atoms with Gasteiger partial charge in [0.25, 0.3) is 0 Å². The van der Waals surface area contributed by atoms with Crippen LogP contribution in [0, 0.1) is 11.7 Å². The summed E-state index contributed by atoms with van der Waals surface area (Å²) in [5, 5.41) is 12.9. The zero-order valence-electron chi connectivity index (χ0n) is 21.1. The zero-order valence-corrected chi connectivity index (χ0v) is 21.1. The van der Waals surface area contributed by atoms with Gasteiger partial charge >= 0.3 is 0 Å². The highest BCUT2D eigenvalue weighted by atomic mass is 19.1. The van der Waals surface area contributed by atoms with E-state index in [0.29, 0.717) is 11.6 Å². The van der Waals surface area contributed by atoms with Gasteiger partial charge in [-0.15, -0.1) is 0 Å². The molecule has 1 aliphatic rings. The van der Waals surface area contributed by atoms with Gasteiger partial charge < -0.3 is 10.3 Å². The molecular weight excluding hydrogens is 475 g/mol. The van der Waals surface area contributed by atoms with Gasteiger partial charge in [-0.1, -0.05) is 31.4 Å². The second-order valence-electron chi connectivity index (χ2n) is 9.47. The van der Waals surface area contributed by atoms with Crippen molar-refractivity contribution in [1.82, 2.24) is 30.5 Å². The molecule has 0 saturated heterocycles. The lowest BCUT2D eigenvalue weighted by atomic mass is 10.1. The fourth-order valence-corrected chi connectivity index (χ4v) is 4.67. The van der Waals surface area contributed by atoms with E-state index in [1.165, 1.54) is 25.0 Å². The van der Waals surface area contributed by atoms with E-state index in [-0.39, 0.29) is 5.82 Å². The maximum absolute atomic E-state index is 13.9. The number of benzene rings is 1. The number of hydrogen-bond acceptors (Lipinski definition) is 4. The van der Waals surface area contributed by atoms with Crippen molar-refractivity contribution in [2.45, 2.75) is 19.8 Å². The predicted octanol–water partition coefficient (Wildman–Crippen LogP) is 7.29. The highest BCUT2D eigenvalue weighted by molar-refractivity contribution is 6.00. The van der Waals surface area contributed by atoms with E-state index in [4.69, 9.17) is 0 Å². The van der Waals surface area contributed by atoms with E-state index >= 15 is 0 Å². The normalized spacial score (nSPS) is 14.3. The minimum Gasteiger partial charge on any atom is -0.359 e. The van der Waals surface area contributed by atoms with Crippen molar-refractivity contribution >= 4 is 27.4 Å². The minimum atomic E-state index is -0.295. The Morgan fingerprint density at radius 1 is 1.08 bits per heavy atom. The first-order valence-electron chi connectivity index (χ1n) is 12.6. The van der Waals surface area contributed by atoms with Crippen LogP contribution in [0.4, 0.5) is 4.39 Å². The van der Waals surface area contributed by atoms with Crippen molar-refractivity contribution in [1.29, 1.82) is 0 Å². The highest BCUT2D eigenvalue weighted by Crippen LogP contribution is 2.35. The molecule has 0 spiro atoms. The molecule has 0 aliphatic heterocycles. The van der Waals surface area contributed by atoms with E-state index in [1.807, 2.05) is 43.3 Å². The molecule has 5 aromatic rings. The third-order valence-electron chi connectivity index (χ3n) is 6.86. The molecule has 1 saturated carbocycles. The van der Waals surface area contributed by atoms with Gasteiger partial charge in [0.15, 0.2) is 0 Å². The van der Waals surface area contributed by atoms with Crippen molar-refractivity contribution < 1.29 is 4.39 Å². The van der Waals surface area contributed by atoms with Gasteiger partial charge in [-0.05, 0) is 73.7 Å². The molecule has 3 N–H and O–H groups in total. The van der Waals surface area contributed by atoms with Crippen LogP contribution in [0.25, 0.3) is 50.0 Å². The minimum absolute atomic E-state index is 0.295. The van der Waals surface area contributed by atoms with Gasteiger partial charge in [-0.25, -0.2) is 4.39 Å². The Morgan fingerprint density at radius 3 is 2.68 bits per heavy atom. The number of halogens is 1. The first-order valence-corrected chi connectivity index (χ1v) is 12.6. The van der Waals surface area contributed by atoms with Gasteiger partial charge in [0.1, 0.15) is 11.5 Å². The zero-order chi connectivity index (χ0) is 26.2. The highest BCUT2D eigenvalue weighted by Gasteiger charge is 2.24. The van der Waals surface area contributed by atoms with Crippen LogP contribution in [0.15, 0.2) is 97.6 Å². The average molecular weight is 503 g/mol. The smallest absolute Gasteiger partial charge is 0.123 e. The monoisotopic (exact) mass is 502 g/mol. The number of nitrogens with zero attached hydrogens (tertiary/aromatic N) is 3. The first kappa shape index (κ1) is 23.6. The van der Waals surface area contributed by atoms with Gasteiger partial charge in [-0.2, -0.15) is 5.10 Å². The molecule has 6 rings (SSSR count). The lowest BCUT2D eigenvalue weighted by molar-refractivity contribution is 0.628. The summed E-state index contributed by atoms with van der Waals surface area (Å²) in [5.74, 6) is 0.249. The third kappa shape index (κ3) is 4.43. The lowest BCUT2D eigenvalue weighted by Gasteiger charge is -2.11. The Balaban J connectivity index is 1.39. The SMILES string of the molecule is C=C/C(=C\C(=C/C)c1cc2c(-c3cc4c(-c5cccc(F)c5)nccc4[nH]3)n[nH]c2cn1)NC(=C)C1CC1. The number of hydrogen-bond donors (Lipinski definition) is 3. The number of allylic oxidation sites excluding steroid dienone is 5. The molecule has 1 fully saturated rings. The number of fused-ring (bicyclic) bond motifs is 2. The summed E-state index contributed by atoms with van der Waals surface area (Å²) >= 11 is 0. The Morgan fingerprint density at radius 2 is 1.92 bits per heavy atom. The molecule has 0 atom stereocenters. The van der Waals surface area contributed by atoms with Crippen LogP contribution < -0.4 is 5.32 Å². The summed E-state index contributed by atoms with van der Waals surface area (Å²) in [6.45, 7) is 10.1. The van der Waals surface area contributed by atoms with Crippen LogP contribution in [0.5, 0.6) is 0 Å². The van der Waals surface area contributed by atoms with Crippen LogP contribution >= 0.6 is 0 Å². The number of aromatic nitrogens is 5. The molecule has 6 nitrogen and oxygen atoms in total. The lowest BCUT2D eigenvalue weighted by Crippen LogP contribution is -2.11. The second-order valence-corrected chi connectivity index (χ2v) is 9.47. The van der Waals surface area contributed by atoms with Gasteiger partial charge in [0.05, 0.1) is 28.8 Å². The number of nitrogens with one attached hydrogen (secondary N) is 3. The fourth-order valence-electron chi connectivity index (χ4n) is 4.67. The summed E-state index contributed by atoms with van der Waals surface area (Å²) in [7, 11) is 0. The molecule has 0 radical (unpaired) electrons. The molecule has 38 heavy (non-hydrogen) atoms. The van der Waals surface area contributed by atoms with E-state index < -0.39 is 0 Å². The molecule has 1 aliphatic carbocycles. The van der Waals surface area contributed by atoms with E-state index in [1.54, 1.807) is 24.5 Å². The van der Waals surface area contributed by atoms with Gasteiger partial charge in [0.2, 0.25) is 0 Å². The van der Waals surface area contributed by atoms with Gasteiger partial charge in [-0.3, -0.25) is 15.1 Å². The van der Waals surface area contributed by atoms with Crippen molar-refractivity contribution in [3.8, 4) is 22.6 Å². The number of rotatable bonds is 8. The molecular formula is C31H27FN6. The predicted molar refractivity (Wildman–Crippen MR) is 151 cm³/mol. The topological polar surface area (TPSA) is 82.3 Å². The van der Waals surface area contributed by atoms with E-state index in [2.05, 4.69) is 43.6 Å². The fraction of sp³-hybridized carbons (Fsp3) is 0.129. The Labute approximate surface area is 219 Å². The average Bonchev–Trinajstić information content (AvgIpc) is 3.56. The molecule has 0 amide bonds. The third-order valence-corrected chi connectivity index (χ3v) is 6.86. The van der Waals surface area contributed by atoms with E-state index in [9.17, 15) is 4.39 Å². The summed E-state index contributed by atoms with van der Waals surface area (Å²) < 4.78 is 13.9. The summed E-state index contributed by atoms with van der Waals surface area (Å²) in [4.78, 5) is 12.7.